The molecular weight excluding hydrogens is 310 g/mol. The molecule has 1 heterocycles. The average molecular weight is 325 g/mol. The summed E-state index contributed by atoms with van der Waals surface area (Å²) < 4.78 is 23.6. The lowest BCUT2D eigenvalue weighted by atomic mass is 10.2. The predicted octanol–water partition coefficient (Wildman–Crippen LogP) is 2.43. The molecule has 1 aromatic heterocycles. The number of sulfone groups is 1. The monoisotopic (exact) mass is 325 g/mol. The zero-order valence-electron chi connectivity index (χ0n) is 11.4. The number of phenols is 1. The number of amides is 1. The van der Waals surface area contributed by atoms with Crippen LogP contribution in [-0.4, -0.2) is 25.2 Å². The summed E-state index contributed by atoms with van der Waals surface area (Å²) in [5.41, 5.74) is 0.971. The SMILES string of the molecule is CCS(=O)(=O)c1ccc(O)c(NC(=O)Cc2ccsc2)c1. The van der Waals surface area contributed by atoms with Crippen LogP contribution >= 0.6 is 11.3 Å². The third-order valence-corrected chi connectivity index (χ3v) is 5.39. The number of carbonyl (C=O) groups excluding carboxylic acids is 1. The molecule has 2 N–H and O–H groups in total. The number of anilines is 1. The summed E-state index contributed by atoms with van der Waals surface area (Å²) in [7, 11) is -3.38. The van der Waals surface area contributed by atoms with E-state index in [4.69, 9.17) is 0 Å². The number of rotatable bonds is 5. The van der Waals surface area contributed by atoms with Gasteiger partial charge < -0.3 is 10.4 Å². The summed E-state index contributed by atoms with van der Waals surface area (Å²) in [6.07, 6.45) is 0.174. The first kappa shape index (κ1) is 15.5. The van der Waals surface area contributed by atoms with E-state index in [1.54, 1.807) is 0 Å². The third-order valence-electron chi connectivity index (χ3n) is 2.93. The molecule has 0 atom stereocenters. The standard InChI is InChI=1S/C14H15NO4S2/c1-2-21(18,19)11-3-4-13(16)12(8-11)15-14(17)7-10-5-6-20-9-10/h3-6,8-9,16H,2,7H2,1H3,(H,15,17). The van der Waals surface area contributed by atoms with Crippen molar-refractivity contribution in [2.24, 2.45) is 0 Å². The average Bonchev–Trinajstić information content (AvgIpc) is 2.93. The number of hydrogen-bond acceptors (Lipinski definition) is 5. The summed E-state index contributed by atoms with van der Waals surface area (Å²) in [6.45, 7) is 1.54. The van der Waals surface area contributed by atoms with Crippen molar-refractivity contribution < 1.29 is 18.3 Å². The summed E-state index contributed by atoms with van der Waals surface area (Å²) >= 11 is 1.49. The molecule has 2 aromatic rings. The highest BCUT2D eigenvalue weighted by atomic mass is 32.2. The number of thiophene rings is 1. The minimum atomic E-state index is -3.38. The van der Waals surface area contributed by atoms with Crippen LogP contribution in [0.1, 0.15) is 12.5 Å². The Kier molecular flexibility index (Phi) is 4.64. The molecule has 0 aliphatic heterocycles. The lowest BCUT2D eigenvalue weighted by molar-refractivity contribution is -0.115. The van der Waals surface area contributed by atoms with Crippen LogP contribution in [-0.2, 0) is 21.1 Å². The quantitative estimate of drug-likeness (QED) is 0.827. The van der Waals surface area contributed by atoms with Gasteiger partial charge in [0.2, 0.25) is 5.91 Å². The maximum atomic E-state index is 11.9. The molecule has 0 spiro atoms. The maximum absolute atomic E-state index is 11.9. The molecule has 0 saturated heterocycles. The van der Waals surface area contributed by atoms with E-state index in [1.807, 2.05) is 16.8 Å². The Morgan fingerprint density at radius 1 is 1.33 bits per heavy atom. The zero-order chi connectivity index (χ0) is 15.5. The van der Waals surface area contributed by atoms with Gasteiger partial charge in [-0.05, 0) is 40.6 Å². The van der Waals surface area contributed by atoms with Gasteiger partial charge in [-0.15, -0.1) is 0 Å². The number of nitrogens with one attached hydrogen (secondary N) is 1. The van der Waals surface area contributed by atoms with Gasteiger partial charge in [0.25, 0.3) is 0 Å². The second-order valence-corrected chi connectivity index (χ2v) is 7.50. The summed E-state index contributed by atoms with van der Waals surface area (Å²) in [5.74, 6) is -0.515. The molecule has 7 heteroatoms. The molecular formula is C14H15NO4S2. The van der Waals surface area contributed by atoms with Crippen molar-refractivity contribution in [1.29, 1.82) is 0 Å². The van der Waals surface area contributed by atoms with E-state index in [0.717, 1.165) is 5.56 Å². The topological polar surface area (TPSA) is 83.5 Å². The molecule has 21 heavy (non-hydrogen) atoms. The van der Waals surface area contributed by atoms with Crippen molar-refractivity contribution in [2.45, 2.75) is 18.2 Å². The smallest absolute Gasteiger partial charge is 0.228 e. The van der Waals surface area contributed by atoms with E-state index in [0.29, 0.717) is 0 Å². The molecule has 1 amide bonds. The molecule has 1 aromatic carbocycles. The molecule has 0 bridgehead atoms. The van der Waals surface area contributed by atoms with E-state index < -0.39 is 9.84 Å². The van der Waals surface area contributed by atoms with Gasteiger partial charge in [-0.1, -0.05) is 6.92 Å². The molecule has 0 saturated carbocycles. The molecule has 112 valence electrons. The first-order chi connectivity index (χ1) is 9.92. The second kappa shape index (κ2) is 6.28. The highest BCUT2D eigenvalue weighted by Crippen LogP contribution is 2.27. The van der Waals surface area contributed by atoms with Gasteiger partial charge in [-0.3, -0.25) is 4.79 Å². The third kappa shape index (κ3) is 3.83. The summed E-state index contributed by atoms with van der Waals surface area (Å²) in [6, 6.07) is 5.70. The van der Waals surface area contributed by atoms with E-state index in [9.17, 15) is 18.3 Å². The Labute approximate surface area is 127 Å². The molecule has 5 nitrogen and oxygen atoms in total. The summed E-state index contributed by atoms with van der Waals surface area (Å²) in [4.78, 5) is 12.0. The molecule has 0 aliphatic rings. The van der Waals surface area contributed by atoms with Crippen molar-refractivity contribution in [3.05, 3.63) is 40.6 Å². The van der Waals surface area contributed by atoms with Gasteiger partial charge in [0.05, 0.1) is 22.8 Å². The van der Waals surface area contributed by atoms with Gasteiger partial charge >= 0.3 is 0 Å². The van der Waals surface area contributed by atoms with Crippen molar-refractivity contribution in [3.8, 4) is 5.75 Å². The fourth-order valence-electron chi connectivity index (χ4n) is 1.75. The van der Waals surface area contributed by atoms with Gasteiger partial charge in [0.15, 0.2) is 9.84 Å². The van der Waals surface area contributed by atoms with Crippen LogP contribution < -0.4 is 5.32 Å². The second-order valence-electron chi connectivity index (χ2n) is 4.44. The number of benzene rings is 1. The van der Waals surface area contributed by atoms with Gasteiger partial charge in [0.1, 0.15) is 5.75 Å². The van der Waals surface area contributed by atoms with E-state index in [-0.39, 0.29) is 34.4 Å². The Morgan fingerprint density at radius 2 is 2.10 bits per heavy atom. The molecule has 0 fully saturated rings. The predicted molar refractivity (Wildman–Crippen MR) is 82.5 cm³/mol. The fourth-order valence-corrected chi connectivity index (χ4v) is 3.32. The van der Waals surface area contributed by atoms with E-state index in [2.05, 4.69) is 5.32 Å². The number of aromatic hydroxyl groups is 1. The Morgan fingerprint density at radius 3 is 2.71 bits per heavy atom. The number of phenolic OH excluding ortho intramolecular Hbond substituents is 1. The van der Waals surface area contributed by atoms with Crippen LogP contribution in [0.3, 0.4) is 0 Å². The normalized spacial score (nSPS) is 11.3. The van der Waals surface area contributed by atoms with Crippen molar-refractivity contribution in [1.82, 2.24) is 0 Å². The highest BCUT2D eigenvalue weighted by Gasteiger charge is 2.15. The first-order valence-corrected chi connectivity index (χ1v) is 8.88. The Bertz CT molecular complexity index is 736. The molecule has 0 unspecified atom stereocenters. The van der Waals surface area contributed by atoms with E-state index >= 15 is 0 Å². The van der Waals surface area contributed by atoms with Crippen LogP contribution in [0.4, 0.5) is 5.69 Å². The molecule has 0 aliphatic carbocycles. The minimum Gasteiger partial charge on any atom is -0.506 e. The van der Waals surface area contributed by atoms with E-state index in [1.165, 1.54) is 36.5 Å². The van der Waals surface area contributed by atoms with Crippen LogP contribution in [0, 0.1) is 0 Å². The van der Waals surface area contributed by atoms with Crippen molar-refractivity contribution in [2.75, 3.05) is 11.1 Å². The lowest BCUT2D eigenvalue weighted by Gasteiger charge is -2.09. The minimum absolute atomic E-state index is 0.0416. The number of carbonyl (C=O) groups is 1. The number of hydrogen-bond donors (Lipinski definition) is 2. The van der Waals surface area contributed by atoms with Gasteiger partial charge in [-0.2, -0.15) is 11.3 Å². The zero-order valence-corrected chi connectivity index (χ0v) is 13.0. The van der Waals surface area contributed by atoms with Crippen LogP contribution in [0.15, 0.2) is 39.9 Å². The van der Waals surface area contributed by atoms with Crippen LogP contribution in [0.5, 0.6) is 5.75 Å². The Balaban J connectivity index is 2.19. The fraction of sp³-hybridized carbons (Fsp3) is 0.214. The molecule has 0 radical (unpaired) electrons. The maximum Gasteiger partial charge on any atom is 0.228 e. The van der Waals surface area contributed by atoms with Crippen molar-refractivity contribution >= 4 is 32.8 Å². The van der Waals surface area contributed by atoms with Gasteiger partial charge in [-0.25, -0.2) is 8.42 Å². The highest BCUT2D eigenvalue weighted by molar-refractivity contribution is 7.91. The van der Waals surface area contributed by atoms with Crippen molar-refractivity contribution in [3.63, 3.8) is 0 Å². The van der Waals surface area contributed by atoms with Crippen LogP contribution in [0.2, 0.25) is 0 Å². The van der Waals surface area contributed by atoms with Gasteiger partial charge in [0, 0.05) is 0 Å². The first-order valence-electron chi connectivity index (χ1n) is 6.29. The lowest BCUT2D eigenvalue weighted by Crippen LogP contribution is -2.14. The van der Waals surface area contributed by atoms with Crippen LogP contribution in [0.25, 0.3) is 0 Å². The summed E-state index contributed by atoms with van der Waals surface area (Å²) in [5, 5.41) is 16.0. The largest absolute Gasteiger partial charge is 0.506 e. The Hall–Kier alpha value is -1.86. The molecule has 2 rings (SSSR count).